The van der Waals surface area contributed by atoms with Crippen LogP contribution < -0.4 is 5.73 Å². The summed E-state index contributed by atoms with van der Waals surface area (Å²) in [6.07, 6.45) is 12.7. The van der Waals surface area contributed by atoms with E-state index in [1.165, 1.54) is 64.2 Å². The molecule has 0 aromatic rings. The SMILES string of the molecule is NC(CN(C1CCCCC1)C1CCCCC1)C(=O)O. The van der Waals surface area contributed by atoms with Crippen molar-refractivity contribution in [1.82, 2.24) is 4.90 Å². The molecule has 0 bridgehead atoms. The third-order valence-electron chi connectivity index (χ3n) is 4.81. The molecule has 0 heterocycles. The summed E-state index contributed by atoms with van der Waals surface area (Å²) in [7, 11) is 0. The van der Waals surface area contributed by atoms with Gasteiger partial charge in [0.25, 0.3) is 0 Å². The molecular formula is C15H28N2O2. The molecule has 0 aromatic heterocycles. The Labute approximate surface area is 116 Å². The maximum absolute atomic E-state index is 11.0. The van der Waals surface area contributed by atoms with E-state index in [9.17, 15) is 4.79 Å². The van der Waals surface area contributed by atoms with Crippen molar-refractivity contribution < 1.29 is 9.90 Å². The van der Waals surface area contributed by atoms with Crippen molar-refractivity contribution in [2.45, 2.75) is 82.3 Å². The van der Waals surface area contributed by atoms with Crippen LogP contribution in [0.1, 0.15) is 64.2 Å². The molecule has 3 N–H and O–H groups in total. The van der Waals surface area contributed by atoms with E-state index in [4.69, 9.17) is 10.8 Å². The van der Waals surface area contributed by atoms with E-state index in [-0.39, 0.29) is 0 Å². The van der Waals surface area contributed by atoms with Crippen LogP contribution in [-0.4, -0.2) is 40.6 Å². The molecule has 2 rings (SSSR count). The quantitative estimate of drug-likeness (QED) is 0.803. The zero-order valence-corrected chi connectivity index (χ0v) is 11.9. The van der Waals surface area contributed by atoms with E-state index in [1.54, 1.807) is 0 Å². The second-order valence-corrected chi connectivity index (χ2v) is 6.23. The molecule has 0 radical (unpaired) electrons. The third kappa shape index (κ3) is 4.18. The maximum Gasteiger partial charge on any atom is 0.321 e. The fourth-order valence-corrected chi connectivity index (χ4v) is 3.73. The van der Waals surface area contributed by atoms with Crippen molar-refractivity contribution in [3.63, 3.8) is 0 Å². The first kappa shape index (κ1) is 14.8. The van der Waals surface area contributed by atoms with Gasteiger partial charge in [-0.1, -0.05) is 38.5 Å². The van der Waals surface area contributed by atoms with E-state index in [0.29, 0.717) is 18.6 Å². The Morgan fingerprint density at radius 3 is 1.79 bits per heavy atom. The average molecular weight is 268 g/mol. The summed E-state index contributed by atoms with van der Waals surface area (Å²) in [4.78, 5) is 13.5. The summed E-state index contributed by atoms with van der Waals surface area (Å²) in [5.41, 5.74) is 5.79. The number of hydrogen-bond donors (Lipinski definition) is 2. The molecule has 1 atom stereocenters. The Bertz CT molecular complexity index is 266. The number of aliphatic carboxylic acids is 1. The minimum absolute atomic E-state index is 0.532. The topological polar surface area (TPSA) is 66.6 Å². The van der Waals surface area contributed by atoms with Crippen molar-refractivity contribution in [2.75, 3.05) is 6.54 Å². The van der Waals surface area contributed by atoms with Gasteiger partial charge < -0.3 is 10.8 Å². The summed E-state index contributed by atoms with van der Waals surface area (Å²) in [5.74, 6) is -0.864. The van der Waals surface area contributed by atoms with Gasteiger partial charge in [-0.25, -0.2) is 0 Å². The van der Waals surface area contributed by atoms with Gasteiger partial charge in [-0.05, 0) is 25.7 Å². The maximum atomic E-state index is 11.0. The summed E-state index contributed by atoms with van der Waals surface area (Å²) >= 11 is 0. The third-order valence-corrected chi connectivity index (χ3v) is 4.81. The van der Waals surface area contributed by atoms with Gasteiger partial charge in [0, 0.05) is 18.6 Å². The molecule has 0 aromatic carbocycles. The van der Waals surface area contributed by atoms with Gasteiger partial charge in [0.05, 0.1) is 0 Å². The lowest BCUT2D eigenvalue weighted by Crippen LogP contribution is -2.52. The molecule has 0 amide bonds. The molecule has 0 saturated heterocycles. The molecule has 1 unspecified atom stereocenters. The second kappa shape index (κ2) is 7.25. The first-order valence-electron chi connectivity index (χ1n) is 7.92. The highest BCUT2D eigenvalue weighted by Gasteiger charge is 2.31. The van der Waals surface area contributed by atoms with Crippen LogP contribution in [0.2, 0.25) is 0 Å². The van der Waals surface area contributed by atoms with Crippen molar-refractivity contribution in [1.29, 1.82) is 0 Å². The number of hydrogen-bond acceptors (Lipinski definition) is 3. The number of rotatable bonds is 5. The van der Waals surface area contributed by atoms with Crippen LogP contribution in [0.5, 0.6) is 0 Å². The summed E-state index contributed by atoms with van der Waals surface area (Å²) in [6, 6.07) is 0.411. The van der Waals surface area contributed by atoms with Crippen LogP contribution in [0.25, 0.3) is 0 Å². The second-order valence-electron chi connectivity index (χ2n) is 6.23. The number of carboxylic acid groups (broad SMARTS) is 1. The van der Waals surface area contributed by atoms with Gasteiger partial charge in [0.1, 0.15) is 6.04 Å². The molecule has 110 valence electrons. The van der Waals surface area contributed by atoms with E-state index in [2.05, 4.69) is 4.90 Å². The first-order valence-corrected chi connectivity index (χ1v) is 7.92. The molecule has 2 aliphatic carbocycles. The molecule has 2 fully saturated rings. The molecule has 2 aliphatic rings. The van der Waals surface area contributed by atoms with Gasteiger partial charge in [0.15, 0.2) is 0 Å². The Hall–Kier alpha value is -0.610. The van der Waals surface area contributed by atoms with Crippen molar-refractivity contribution >= 4 is 5.97 Å². The zero-order valence-electron chi connectivity index (χ0n) is 11.9. The molecule has 0 aliphatic heterocycles. The van der Waals surface area contributed by atoms with Crippen LogP contribution in [0.3, 0.4) is 0 Å². The predicted octanol–water partition coefficient (Wildman–Crippen LogP) is 2.37. The molecule has 0 spiro atoms. The Morgan fingerprint density at radius 2 is 1.42 bits per heavy atom. The fraction of sp³-hybridized carbons (Fsp3) is 0.933. The van der Waals surface area contributed by atoms with Gasteiger partial charge in [-0.2, -0.15) is 0 Å². The minimum Gasteiger partial charge on any atom is -0.480 e. The molecule has 4 nitrogen and oxygen atoms in total. The highest BCUT2D eigenvalue weighted by molar-refractivity contribution is 5.73. The van der Waals surface area contributed by atoms with Gasteiger partial charge in [-0.15, -0.1) is 0 Å². The number of nitrogens with two attached hydrogens (primary N) is 1. The standard InChI is InChI=1S/C15H28N2O2/c16-14(15(18)19)11-17(12-7-3-1-4-8-12)13-9-5-2-6-10-13/h12-14H,1-11,16H2,(H,18,19). The smallest absolute Gasteiger partial charge is 0.321 e. The summed E-state index contributed by atoms with van der Waals surface area (Å²) in [6.45, 7) is 0.532. The van der Waals surface area contributed by atoms with Gasteiger partial charge in [0.2, 0.25) is 0 Å². The first-order chi connectivity index (χ1) is 9.18. The largest absolute Gasteiger partial charge is 0.480 e. The average Bonchev–Trinajstić information content (AvgIpc) is 2.46. The fourth-order valence-electron chi connectivity index (χ4n) is 3.73. The van der Waals surface area contributed by atoms with Crippen molar-refractivity contribution in [3.05, 3.63) is 0 Å². The van der Waals surface area contributed by atoms with Crippen LogP contribution in [-0.2, 0) is 4.79 Å². The van der Waals surface area contributed by atoms with Crippen LogP contribution in [0.15, 0.2) is 0 Å². The van der Waals surface area contributed by atoms with Crippen molar-refractivity contribution in [2.24, 2.45) is 5.73 Å². The predicted molar refractivity (Wildman–Crippen MR) is 76.1 cm³/mol. The molecule has 19 heavy (non-hydrogen) atoms. The normalized spacial score (nSPS) is 24.5. The number of nitrogens with zero attached hydrogens (tertiary/aromatic N) is 1. The van der Waals surface area contributed by atoms with E-state index >= 15 is 0 Å². The highest BCUT2D eigenvalue weighted by Crippen LogP contribution is 2.30. The monoisotopic (exact) mass is 268 g/mol. The lowest BCUT2D eigenvalue weighted by Gasteiger charge is -2.42. The summed E-state index contributed by atoms with van der Waals surface area (Å²) < 4.78 is 0. The van der Waals surface area contributed by atoms with Crippen LogP contribution in [0.4, 0.5) is 0 Å². The van der Waals surface area contributed by atoms with E-state index < -0.39 is 12.0 Å². The van der Waals surface area contributed by atoms with Crippen LogP contribution >= 0.6 is 0 Å². The summed E-state index contributed by atoms with van der Waals surface area (Å²) in [5, 5.41) is 9.08. The molecular weight excluding hydrogens is 240 g/mol. The van der Waals surface area contributed by atoms with Gasteiger partial charge >= 0.3 is 5.97 Å². The molecule has 4 heteroatoms. The number of carboxylic acids is 1. The van der Waals surface area contributed by atoms with E-state index in [0.717, 1.165) is 0 Å². The minimum atomic E-state index is -0.864. The molecule has 2 saturated carbocycles. The van der Waals surface area contributed by atoms with Crippen molar-refractivity contribution in [3.8, 4) is 0 Å². The lowest BCUT2D eigenvalue weighted by atomic mass is 9.88. The number of carbonyl (C=O) groups is 1. The lowest BCUT2D eigenvalue weighted by molar-refractivity contribution is -0.139. The van der Waals surface area contributed by atoms with E-state index in [1.807, 2.05) is 0 Å². The Morgan fingerprint density at radius 1 is 1.00 bits per heavy atom. The van der Waals surface area contributed by atoms with Gasteiger partial charge in [-0.3, -0.25) is 9.69 Å². The Balaban J connectivity index is 2.00. The van der Waals surface area contributed by atoms with Crippen LogP contribution in [0, 0.1) is 0 Å². The highest BCUT2D eigenvalue weighted by atomic mass is 16.4. The zero-order chi connectivity index (χ0) is 13.7. The Kier molecular flexibility index (Phi) is 5.64.